The minimum atomic E-state index is -4.44. The number of rotatable bonds is 1. The fourth-order valence-corrected chi connectivity index (χ4v) is 5.05. The van der Waals surface area contributed by atoms with Crippen molar-refractivity contribution in [1.29, 1.82) is 0 Å². The van der Waals surface area contributed by atoms with Crippen molar-refractivity contribution in [3.63, 3.8) is 0 Å². The van der Waals surface area contributed by atoms with Crippen LogP contribution in [0.2, 0.25) is 0 Å². The Hall–Kier alpha value is -1.49. The molecule has 0 aliphatic carbocycles. The highest BCUT2D eigenvalue weighted by Crippen LogP contribution is 2.52. The van der Waals surface area contributed by atoms with Gasteiger partial charge in [0.05, 0.1) is 23.9 Å². The van der Waals surface area contributed by atoms with Crippen LogP contribution in [-0.4, -0.2) is 32.7 Å². The van der Waals surface area contributed by atoms with Crippen LogP contribution >= 0.6 is 11.3 Å². The van der Waals surface area contributed by atoms with E-state index in [0.717, 1.165) is 11.8 Å². The summed E-state index contributed by atoms with van der Waals surface area (Å²) < 4.78 is 47.3. The number of aryl methyl sites for hydroxylation is 1. The van der Waals surface area contributed by atoms with Gasteiger partial charge in [-0.15, -0.1) is 16.4 Å². The third kappa shape index (κ3) is 2.94. The number of nitrogens with one attached hydrogen (secondary N) is 1. The Bertz CT molecular complexity index is 821. The van der Waals surface area contributed by atoms with Gasteiger partial charge in [0, 0.05) is 36.1 Å². The summed E-state index contributed by atoms with van der Waals surface area (Å²) in [4.78, 5) is -0.343. The molecule has 2 aromatic rings. The Morgan fingerprint density at radius 2 is 2.19 bits per heavy atom. The molecule has 4 atom stereocenters. The molecule has 0 radical (unpaired) electrons. The van der Waals surface area contributed by atoms with E-state index in [2.05, 4.69) is 15.6 Å². The zero-order chi connectivity index (χ0) is 18.7. The van der Waals surface area contributed by atoms with Gasteiger partial charge in [-0.05, 0) is 19.4 Å². The Morgan fingerprint density at radius 3 is 2.85 bits per heavy atom. The molecule has 4 rings (SSSR count). The number of hydrogen-bond acceptors (Lipinski definition) is 6. The van der Waals surface area contributed by atoms with Crippen molar-refractivity contribution in [3.8, 4) is 0 Å². The van der Waals surface area contributed by atoms with Crippen LogP contribution in [0.3, 0.4) is 0 Å². The summed E-state index contributed by atoms with van der Waals surface area (Å²) in [7, 11) is 1.76. The first-order valence-electron chi connectivity index (χ1n) is 8.34. The number of alkyl halides is 3. The van der Waals surface area contributed by atoms with Crippen molar-refractivity contribution in [2.75, 3.05) is 6.61 Å². The number of thiophene rings is 1. The van der Waals surface area contributed by atoms with Crippen molar-refractivity contribution in [3.05, 3.63) is 33.3 Å². The lowest BCUT2D eigenvalue weighted by Crippen LogP contribution is -2.50. The second kappa shape index (κ2) is 6.01. The number of ether oxygens (including phenoxy) is 1. The highest BCUT2D eigenvalue weighted by molar-refractivity contribution is 7.12. The fourth-order valence-electron chi connectivity index (χ4n) is 3.96. The van der Waals surface area contributed by atoms with E-state index in [1.807, 2.05) is 6.92 Å². The van der Waals surface area contributed by atoms with Gasteiger partial charge in [0.1, 0.15) is 11.0 Å². The molecular formula is C16H19F3N4O2S. The molecule has 2 aliphatic heterocycles. The molecule has 0 aromatic carbocycles. The number of halogens is 3. The lowest BCUT2D eigenvalue weighted by molar-refractivity contribution is -0.136. The maximum Gasteiger partial charge on any atom is 0.425 e. The summed E-state index contributed by atoms with van der Waals surface area (Å²) in [5, 5.41) is 21.7. The highest BCUT2D eigenvalue weighted by atomic mass is 32.1. The van der Waals surface area contributed by atoms with Gasteiger partial charge in [0.25, 0.3) is 0 Å². The first-order chi connectivity index (χ1) is 12.2. The summed E-state index contributed by atoms with van der Waals surface area (Å²) in [5.41, 5.74) is 0.304. The van der Waals surface area contributed by atoms with Crippen LogP contribution in [0.1, 0.15) is 52.9 Å². The Labute approximate surface area is 152 Å². The summed E-state index contributed by atoms with van der Waals surface area (Å²) in [6.45, 7) is 1.96. The molecule has 142 valence electrons. The van der Waals surface area contributed by atoms with E-state index >= 15 is 0 Å². The predicted molar refractivity (Wildman–Crippen MR) is 87.5 cm³/mol. The standard InChI is InChI=1S/C16H19F3N4O2S/c1-8-4-15(5-10(20-8)11-6-23(2)22-21-11)9-3-13(16(17,18)19)26-14(9)12(24)7-25-15/h3,6,8,10,12,20,24H,4-5,7H2,1-2H3/t8?,10?,12-,15+/m1/s1. The topological polar surface area (TPSA) is 72.2 Å². The Morgan fingerprint density at radius 1 is 1.42 bits per heavy atom. The second-order valence-corrected chi connectivity index (χ2v) is 8.14. The SMILES string of the molecule is CC1C[C@@]2(CC(c3cn(C)nn3)N1)OC[C@@H](O)c1sc(C(F)(F)F)cc12. The van der Waals surface area contributed by atoms with Crippen LogP contribution in [0, 0.1) is 0 Å². The van der Waals surface area contributed by atoms with Crippen LogP contribution < -0.4 is 5.32 Å². The third-order valence-electron chi connectivity index (χ3n) is 4.98. The molecule has 1 spiro atoms. The average Bonchev–Trinajstić information content (AvgIpc) is 3.18. The molecule has 2 aliphatic rings. The molecule has 0 saturated carbocycles. The lowest BCUT2D eigenvalue weighted by atomic mass is 9.76. The van der Waals surface area contributed by atoms with E-state index in [4.69, 9.17) is 4.74 Å². The predicted octanol–water partition coefficient (Wildman–Crippen LogP) is 2.67. The Balaban J connectivity index is 1.76. The summed E-state index contributed by atoms with van der Waals surface area (Å²) in [5.74, 6) is 0. The maximum atomic E-state index is 13.2. The minimum Gasteiger partial charge on any atom is -0.385 e. The maximum absolute atomic E-state index is 13.2. The molecule has 2 unspecified atom stereocenters. The molecule has 6 nitrogen and oxygen atoms in total. The number of piperidine rings is 1. The minimum absolute atomic E-state index is 0.00749. The van der Waals surface area contributed by atoms with E-state index in [0.29, 0.717) is 34.6 Å². The molecule has 2 N–H and O–H groups in total. The fraction of sp³-hybridized carbons (Fsp3) is 0.625. The van der Waals surface area contributed by atoms with Crippen LogP contribution in [0.5, 0.6) is 0 Å². The number of fused-ring (bicyclic) bond motifs is 2. The van der Waals surface area contributed by atoms with Gasteiger partial charge in [-0.3, -0.25) is 4.68 Å². The summed E-state index contributed by atoms with van der Waals surface area (Å²) >= 11 is 0.613. The van der Waals surface area contributed by atoms with E-state index < -0.39 is 22.8 Å². The largest absolute Gasteiger partial charge is 0.425 e. The monoisotopic (exact) mass is 388 g/mol. The van der Waals surface area contributed by atoms with E-state index in [-0.39, 0.29) is 18.7 Å². The van der Waals surface area contributed by atoms with Crippen LogP contribution in [0.15, 0.2) is 12.3 Å². The van der Waals surface area contributed by atoms with Crippen LogP contribution in [0.4, 0.5) is 13.2 Å². The number of hydrogen-bond donors (Lipinski definition) is 2. The summed E-state index contributed by atoms with van der Waals surface area (Å²) in [6, 6.07) is 0.964. The quantitative estimate of drug-likeness (QED) is 0.786. The zero-order valence-electron chi connectivity index (χ0n) is 14.2. The normalized spacial score (nSPS) is 32.0. The molecular weight excluding hydrogens is 369 g/mol. The molecule has 1 saturated heterocycles. The first-order valence-corrected chi connectivity index (χ1v) is 9.15. The molecule has 0 amide bonds. The lowest BCUT2D eigenvalue weighted by Gasteiger charge is -2.46. The van der Waals surface area contributed by atoms with Crippen molar-refractivity contribution in [1.82, 2.24) is 20.3 Å². The second-order valence-electron chi connectivity index (χ2n) is 7.05. The van der Waals surface area contributed by atoms with Gasteiger partial charge in [-0.1, -0.05) is 5.21 Å². The van der Waals surface area contributed by atoms with E-state index in [1.165, 1.54) is 0 Å². The van der Waals surface area contributed by atoms with Crippen LogP contribution in [-0.2, 0) is 23.6 Å². The third-order valence-corrected chi connectivity index (χ3v) is 6.27. The van der Waals surface area contributed by atoms with Crippen LogP contribution in [0.25, 0.3) is 0 Å². The molecule has 26 heavy (non-hydrogen) atoms. The highest BCUT2D eigenvalue weighted by Gasteiger charge is 2.49. The molecule has 0 bridgehead atoms. The van der Waals surface area contributed by atoms with Gasteiger partial charge >= 0.3 is 6.18 Å². The van der Waals surface area contributed by atoms with E-state index in [9.17, 15) is 18.3 Å². The van der Waals surface area contributed by atoms with Gasteiger partial charge in [-0.25, -0.2) is 0 Å². The van der Waals surface area contributed by atoms with Crippen molar-refractivity contribution in [2.24, 2.45) is 7.05 Å². The molecule has 2 aromatic heterocycles. The first kappa shape index (κ1) is 17.9. The van der Waals surface area contributed by atoms with Gasteiger partial charge in [0.15, 0.2) is 0 Å². The van der Waals surface area contributed by atoms with Crippen molar-refractivity contribution < 1.29 is 23.0 Å². The Kier molecular flexibility index (Phi) is 4.14. The molecule has 4 heterocycles. The van der Waals surface area contributed by atoms with Gasteiger partial charge in [-0.2, -0.15) is 13.2 Å². The van der Waals surface area contributed by atoms with Gasteiger partial charge < -0.3 is 15.2 Å². The van der Waals surface area contributed by atoms with Crippen molar-refractivity contribution in [2.45, 2.75) is 49.7 Å². The number of aliphatic hydroxyl groups excluding tert-OH is 1. The smallest absolute Gasteiger partial charge is 0.385 e. The number of nitrogens with zero attached hydrogens (tertiary/aromatic N) is 3. The summed E-state index contributed by atoms with van der Waals surface area (Å²) in [6.07, 6.45) is -2.72. The zero-order valence-corrected chi connectivity index (χ0v) is 15.1. The van der Waals surface area contributed by atoms with Gasteiger partial charge in [0.2, 0.25) is 0 Å². The molecule has 1 fully saturated rings. The number of aliphatic hydroxyl groups is 1. The van der Waals surface area contributed by atoms with E-state index in [1.54, 1.807) is 17.9 Å². The average molecular weight is 388 g/mol. The number of aromatic nitrogens is 3. The van der Waals surface area contributed by atoms with Crippen molar-refractivity contribution >= 4 is 11.3 Å². The molecule has 10 heteroatoms.